The van der Waals surface area contributed by atoms with Crippen LogP contribution in [0.25, 0.3) is 0 Å². The van der Waals surface area contributed by atoms with Crippen molar-refractivity contribution in [2.75, 3.05) is 31.3 Å². The van der Waals surface area contributed by atoms with Gasteiger partial charge in [-0.15, -0.1) is 36.6 Å². The quantitative estimate of drug-likeness (QED) is 0.776. The molecule has 4 nitrogen and oxygen atoms in total. The van der Waals surface area contributed by atoms with Gasteiger partial charge in [-0.3, -0.25) is 10.1 Å². The highest BCUT2D eigenvalue weighted by Gasteiger charge is 2.23. The molecule has 1 aliphatic rings. The Labute approximate surface area is 127 Å². The number of hydrogen-bond acceptors (Lipinski definition) is 4. The van der Waals surface area contributed by atoms with E-state index in [0.29, 0.717) is 0 Å². The molecule has 2 atom stereocenters. The van der Waals surface area contributed by atoms with E-state index in [0.717, 1.165) is 31.3 Å². The van der Waals surface area contributed by atoms with E-state index in [1.165, 1.54) is 0 Å². The predicted molar refractivity (Wildman–Crippen MR) is 84.1 cm³/mol. The minimum atomic E-state index is 0. The highest BCUT2D eigenvalue weighted by atomic mass is 35.5. The van der Waals surface area contributed by atoms with E-state index in [1.807, 2.05) is 0 Å². The van der Waals surface area contributed by atoms with Crippen molar-refractivity contribution >= 4 is 42.5 Å². The second-order valence-electron chi connectivity index (χ2n) is 4.17. The Bertz CT molecular complexity index is 224. The molecule has 110 valence electrons. The Balaban J connectivity index is 0. The Morgan fingerprint density at radius 1 is 1.44 bits per heavy atom. The van der Waals surface area contributed by atoms with Gasteiger partial charge in [-0.2, -0.15) is 0 Å². The number of carbonyl (C=O) groups excluding carboxylic acids is 1. The molecular formula is C11H25Cl2N3OS. The average Bonchev–Trinajstić information content (AvgIpc) is 2.79. The largest absolute Gasteiger partial charge is 0.351 e. The lowest BCUT2D eigenvalue weighted by Crippen LogP contribution is -2.49. The van der Waals surface area contributed by atoms with E-state index in [2.05, 4.69) is 36.3 Å². The Morgan fingerprint density at radius 2 is 2.06 bits per heavy atom. The Hall–Kier alpha value is 0.320. The number of halogens is 2. The first kappa shape index (κ1) is 20.6. The topological polar surface area (TPSA) is 44.4 Å². The summed E-state index contributed by atoms with van der Waals surface area (Å²) in [4.78, 5) is 14.1. The zero-order valence-corrected chi connectivity index (χ0v) is 13.7. The van der Waals surface area contributed by atoms with Crippen molar-refractivity contribution in [1.29, 1.82) is 0 Å². The standard InChI is InChI=1S/C11H23N3OS.2ClH/c1-4-14(5-2)6-9(3)13-11(15)10-7-16-8-12-10;;/h9-10,12H,4-8H2,1-3H3,(H,13,15);2*1H. The second-order valence-corrected chi connectivity index (χ2v) is 5.20. The van der Waals surface area contributed by atoms with Crippen LogP contribution in [0.15, 0.2) is 0 Å². The molecule has 2 N–H and O–H groups in total. The van der Waals surface area contributed by atoms with Crippen LogP contribution < -0.4 is 10.6 Å². The van der Waals surface area contributed by atoms with E-state index < -0.39 is 0 Å². The molecule has 0 spiro atoms. The van der Waals surface area contributed by atoms with Crippen LogP contribution in [-0.4, -0.2) is 54.2 Å². The molecule has 1 heterocycles. The van der Waals surface area contributed by atoms with Crippen LogP contribution in [0.4, 0.5) is 0 Å². The van der Waals surface area contributed by atoms with Gasteiger partial charge in [-0.05, 0) is 20.0 Å². The van der Waals surface area contributed by atoms with E-state index in [4.69, 9.17) is 0 Å². The van der Waals surface area contributed by atoms with Crippen molar-refractivity contribution in [2.24, 2.45) is 0 Å². The number of nitrogens with one attached hydrogen (secondary N) is 2. The van der Waals surface area contributed by atoms with E-state index in [1.54, 1.807) is 11.8 Å². The van der Waals surface area contributed by atoms with E-state index in [-0.39, 0.29) is 42.8 Å². The number of likely N-dealkylation sites (N-methyl/N-ethyl adjacent to an activating group) is 1. The van der Waals surface area contributed by atoms with Crippen LogP contribution in [0.1, 0.15) is 20.8 Å². The van der Waals surface area contributed by atoms with Gasteiger partial charge in [0.15, 0.2) is 0 Å². The molecule has 1 aliphatic heterocycles. The molecule has 0 aromatic carbocycles. The molecule has 1 amide bonds. The highest BCUT2D eigenvalue weighted by Crippen LogP contribution is 2.09. The Kier molecular flexibility index (Phi) is 12.8. The fourth-order valence-corrected chi connectivity index (χ4v) is 2.76. The average molecular weight is 318 g/mol. The summed E-state index contributed by atoms with van der Waals surface area (Å²) >= 11 is 1.78. The van der Waals surface area contributed by atoms with Crippen LogP contribution in [0, 0.1) is 0 Å². The summed E-state index contributed by atoms with van der Waals surface area (Å²) in [6.07, 6.45) is 0. The fourth-order valence-electron chi connectivity index (χ4n) is 1.82. The number of nitrogens with zero attached hydrogens (tertiary/aromatic N) is 1. The summed E-state index contributed by atoms with van der Waals surface area (Å²) in [6.45, 7) is 9.36. The maximum Gasteiger partial charge on any atom is 0.238 e. The van der Waals surface area contributed by atoms with Crippen molar-refractivity contribution in [1.82, 2.24) is 15.5 Å². The first-order valence-corrected chi connectivity index (χ1v) is 7.16. The summed E-state index contributed by atoms with van der Waals surface area (Å²) < 4.78 is 0. The third-order valence-corrected chi connectivity index (χ3v) is 3.79. The smallest absolute Gasteiger partial charge is 0.238 e. The molecule has 0 bridgehead atoms. The lowest BCUT2D eigenvalue weighted by atomic mass is 10.2. The lowest BCUT2D eigenvalue weighted by molar-refractivity contribution is -0.123. The van der Waals surface area contributed by atoms with Gasteiger partial charge in [-0.25, -0.2) is 0 Å². The SMILES string of the molecule is CCN(CC)CC(C)NC(=O)C1CSCN1.Cl.Cl. The third-order valence-electron chi connectivity index (χ3n) is 2.85. The lowest BCUT2D eigenvalue weighted by Gasteiger charge is -2.24. The third kappa shape index (κ3) is 7.04. The molecule has 2 unspecified atom stereocenters. The van der Waals surface area contributed by atoms with Gasteiger partial charge in [-0.1, -0.05) is 13.8 Å². The number of amides is 1. The molecule has 0 saturated carbocycles. The molecule has 1 rings (SSSR count). The molecule has 7 heteroatoms. The first-order valence-electron chi connectivity index (χ1n) is 6.01. The summed E-state index contributed by atoms with van der Waals surface area (Å²) in [7, 11) is 0. The number of rotatable bonds is 6. The minimum absolute atomic E-state index is 0. The number of thioether (sulfide) groups is 1. The molecule has 1 fully saturated rings. The normalized spacial score (nSPS) is 19.9. The molecule has 0 radical (unpaired) electrons. The molecule has 0 aromatic heterocycles. The van der Waals surface area contributed by atoms with Crippen molar-refractivity contribution in [3.63, 3.8) is 0 Å². The van der Waals surface area contributed by atoms with E-state index >= 15 is 0 Å². The maximum absolute atomic E-state index is 11.8. The van der Waals surface area contributed by atoms with Gasteiger partial charge >= 0.3 is 0 Å². The van der Waals surface area contributed by atoms with Gasteiger partial charge in [0.25, 0.3) is 0 Å². The van der Waals surface area contributed by atoms with Crippen molar-refractivity contribution in [3.8, 4) is 0 Å². The van der Waals surface area contributed by atoms with E-state index in [9.17, 15) is 4.79 Å². The predicted octanol–water partition coefficient (Wildman–Crippen LogP) is 1.34. The van der Waals surface area contributed by atoms with Crippen molar-refractivity contribution in [2.45, 2.75) is 32.9 Å². The van der Waals surface area contributed by atoms with Gasteiger partial charge < -0.3 is 10.2 Å². The molecule has 0 aliphatic carbocycles. The number of carbonyl (C=O) groups is 1. The minimum Gasteiger partial charge on any atom is -0.351 e. The van der Waals surface area contributed by atoms with Gasteiger partial charge in [0.1, 0.15) is 0 Å². The molecule has 0 aromatic rings. The summed E-state index contributed by atoms with van der Waals surface area (Å²) in [5.41, 5.74) is 0. The van der Waals surface area contributed by atoms with Crippen molar-refractivity contribution in [3.05, 3.63) is 0 Å². The number of hydrogen-bond donors (Lipinski definition) is 2. The summed E-state index contributed by atoms with van der Waals surface area (Å²) in [5.74, 6) is 1.93. The van der Waals surface area contributed by atoms with Crippen LogP contribution in [0.3, 0.4) is 0 Å². The van der Waals surface area contributed by atoms with Gasteiger partial charge in [0.05, 0.1) is 6.04 Å². The van der Waals surface area contributed by atoms with Crippen LogP contribution >= 0.6 is 36.6 Å². The zero-order chi connectivity index (χ0) is 12.0. The Morgan fingerprint density at radius 3 is 2.50 bits per heavy atom. The fraction of sp³-hybridized carbons (Fsp3) is 0.909. The van der Waals surface area contributed by atoms with Crippen molar-refractivity contribution < 1.29 is 4.79 Å². The summed E-state index contributed by atoms with van der Waals surface area (Å²) in [5, 5.41) is 6.24. The van der Waals surface area contributed by atoms with Crippen LogP contribution in [0.5, 0.6) is 0 Å². The zero-order valence-electron chi connectivity index (χ0n) is 11.3. The molecule has 1 saturated heterocycles. The first-order chi connectivity index (χ1) is 7.67. The second kappa shape index (κ2) is 11.2. The highest BCUT2D eigenvalue weighted by molar-refractivity contribution is 7.99. The monoisotopic (exact) mass is 317 g/mol. The summed E-state index contributed by atoms with van der Waals surface area (Å²) in [6, 6.07) is 0.226. The van der Waals surface area contributed by atoms with Gasteiger partial charge in [0, 0.05) is 24.2 Å². The van der Waals surface area contributed by atoms with Crippen LogP contribution in [-0.2, 0) is 4.79 Å². The maximum atomic E-state index is 11.8. The molecule has 18 heavy (non-hydrogen) atoms. The van der Waals surface area contributed by atoms with Gasteiger partial charge in [0.2, 0.25) is 5.91 Å². The molecular weight excluding hydrogens is 293 g/mol. The van der Waals surface area contributed by atoms with Crippen LogP contribution in [0.2, 0.25) is 0 Å².